The molecule has 0 aliphatic rings. The molecule has 0 aliphatic carbocycles. The number of hydrogen-bond acceptors (Lipinski definition) is 5. The first-order chi connectivity index (χ1) is 6.33. The van der Waals surface area contributed by atoms with E-state index >= 15 is 0 Å². The van der Waals surface area contributed by atoms with E-state index in [0.29, 0.717) is 5.75 Å². The SMILES string of the molecule is C#CCNC(=O)CSc1ncns1. The Morgan fingerprint density at radius 3 is 3.31 bits per heavy atom. The van der Waals surface area contributed by atoms with Gasteiger partial charge in [0.05, 0.1) is 12.3 Å². The second-order valence-corrected chi connectivity index (χ2v) is 3.98. The molecule has 0 aromatic carbocycles. The average molecular weight is 213 g/mol. The highest BCUT2D eigenvalue weighted by Crippen LogP contribution is 2.17. The zero-order valence-electron chi connectivity index (χ0n) is 6.69. The summed E-state index contributed by atoms with van der Waals surface area (Å²) in [6, 6.07) is 0. The van der Waals surface area contributed by atoms with Crippen LogP contribution in [0.3, 0.4) is 0 Å². The molecule has 0 saturated carbocycles. The third-order valence-corrected chi connectivity index (χ3v) is 2.85. The molecule has 6 heteroatoms. The lowest BCUT2D eigenvalue weighted by molar-refractivity contribution is -0.118. The Labute approximate surface area is 84.3 Å². The smallest absolute Gasteiger partial charge is 0.231 e. The first-order valence-electron chi connectivity index (χ1n) is 3.42. The van der Waals surface area contributed by atoms with E-state index in [2.05, 4.69) is 20.6 Å². The molecule has 1 rings (SSSR count). The van der Waals surface area contributed by atoms with E-state index in [1.807, 2.05) is 0 Å². The summed E-state index contributed by atoms with van der Waals surface area (Å²) in [6.07, 6.45) is 6.44. The van der Waals surface area contributed by atoms with Gasteiger partial charge in [-0.2, -0.15) is 4.37 Å². The van der Waals surface area contributed by atoms with E-state index in [-0.39, 0.29) is 12.5 Å². The molecular weight excluding hydrogens is 206 g/mol. The summed E-state index contributed by atoms with van der Waals surface area (Å²) in [7, 11) is 0. The number of amides is 1. The number of hydrogen-bond donors (Lipinski definition) is 1. The van der Waals surface area contributed by atoms with E-state index < -0.39 is 0 Å². The number of nitrogens with one attached hydrogen (secondary N) is 1. The van der Waals surface area contributed by atoms with Crippen molar-refractivity contribution in [1.29, 1.82) is 0 Å². The van der Waals surface area contributed by atoms with Crippen molar-refractivity contribution in [1.82, 2.24) is 14.7 Å². The number of rotatable bonds is 4. The Balaban J connectivity index is 2.20. The van der Waals surface area contributed by atoms with Gasteiger partial charge < -0.3 is 5.32 Å². The number of thioether (sulfide) groups is 1. The molecule has 0 spiro atoms. The maximum Gasteiger partial charge on any atom is 0.231 e. The van der Waals surface area contributed by atoms with Crippen molar-refractivity contribution in [3.63, 3.8) is 0 Å². The minimum absolute atomic E-state index is 0.0850. The number of carbonyl (C=O) groups is 1. The topological polar surface area (TPSA) is 54.9 Å². The molecule has 0 unspecified atom stereocenters. The van der Waals surface area contributed by atoms with E-state index in [0.717, 1.165) is 4.34 Å². The lowest BCUT2D eigenvalue weighted by Crippen LogP contribution is -2.25. The quantitative estimate of drug-likeness (QED) is 0.580. The Morgan fingerprint density at radius 2 is 2.69 bits per heavy atom. The minimum Gasteiger partial charge on any atom is -0.344 e. The van der Waals surface area contributed by atoms with Crippen molar-refractivity contribution in [3.8, 4) is 12.3 Å². The fourth-order valence-corrected chi connectivity index (χ4v) is 1.83. The van der Waals surface area contributed by atoms with Crippen LogP contribution in [-0.2, 0) is 4.79 Å². The van der Waals surface area contributed by atoms with E-state index in [4.69, 9.17) is 6.42 Å². The summed E-state index contributed by atoms with van der Waals surface area (Å²) in [4.78, 5) is 14.9. The highest BCUT2D eigenvalue weighted by molar-refractivity contribution is 8.01. The summed E-state index contributed by atoms with van der Waals surface area (Å²) < 4.78 is 4.60. The molecule has 1 amide bonds. The lowest BCUT2D eigenvalue weighted by Gasteiger charge is -1.97. The highest BCUT2D eigenvalue weighted by Gasteiger charge is 2.02. The first kappa shape index (κ1) is 10.0. The molecule has 1 aromatic rings. The highest BCUT2D eigenvalue weighted by atomic mass is 32.2. The van der Waals surface area contributed by atoms with Crippen LogP contribution in [0.5, 0.6) is 0 Å². The summed E-state index contributed by atoms with van der Waals surface area (Å²) in [5.41, 5.74) is 0. The van der Waals surface area contributed by atoms with E-state index in [1.54, 1.807) is 0 Å². The molecule has 1 N–H and O–H groups in total. The Kier molecular flexibility index (Phi) is 4.29. The molecule has 0 aliphatic heterocycles. The van der Waals surface area contributed by atoms with Crippen LogP contribution in [0.2, 0.25) is 0 Å². The van der Waals surface area contributed by atoms with Crippen LogP contribution >= 0.6 is 23.3 Å². The normalized spacial score (nSPS) is 9.15. The number of nitrogens with zero attached hydrogens (tertiary/aromatic N) is 2. The standard InChI is InChI=1S/C7H7N3OS2/c1-2-3-8-6(11)4-12-7-9-5-10-13-7/h1,5H,3-4H2,(H,8,11). The zero-order chi connectivity index (χ0) is 9.52. The Morgan fingerprint density at radius 1 is 1.85 bits per heavy atom. The fourth-order valence-electron chi connectivity index (χ4n) is 0.554. The van der Waals surface area contributed by atoms with Crippen LogP contribution in [0, 0.1) is 12.3 Å². The van der Waals surface area contributed by atoms with Gasteiger partial charge in [0.1, 0.15) is 6.33 Å². The molecule has 13 heavy (non-hydrogen) atoms. The molecule has 0 saturated heterocycles. The minimum atomic E-state index is -0.0850. The van der Waals surface area contributed by atoms with Crippen molar-refractivity contribution >= 4 is 29.2 Å². The van der Waals surface area contributed by atoms with Crippen molar-refractivity contribution in [3.05, 3.63) is 6.33 Å². The second-order valence-electron chi connectivity index (χ2n) is 1.98. The molecule has 0 fully saturated rings. The summed E-state index contributed by atoms with van der Waals surface area (Å²) in [5, 5.41) is 2.56. The van der Waals surface area contributed by atoms with Crippen molar-refractivity contribution in [2.75, 3.05) is 12.3 Å². The molecule has 0 atom stereocenters. The predicted molar refractivity (Wildman–Crippen MR) is 52.5 cm³/mol. The van der Waals surface area contributed by atoms with Gasteiger partial charge in [-0.25, -0.2) is 4.98 Å². The predicted octanol–water partition coefficient (Wildman–Crippen LogP) is 0.380. The second kappa shape index (κ2) is 5.56. The number of terminal acetylenes is 1. The maximum absolute atomic E-state index is 11.0. The van der Waals surface area contributed by atoms with Gasteiger partial charge in [0.15, 0.2) is 4.34 Å². The maximum atomic E-state index is 11.0. The first-order valence-corrected chi connectivity index (χ1v) is 5.18. The van der Waals surface area contributed by atoms with Gasteiger partial charge in [-0.3, -0.25) is 4.79 Å². The third-order valence-electron chi connectivity index (χ3n) is 1.06. The molecule has 0 bridgehead atoms. The molecule has 1 heterocycles. The van der Waals surface area contributed by atoms with Gasteiger partial charge in [-0.15, -0.1) is 6.42 Å². The monoisotopic (exact) mass is 213 g/mol. The van der Waals surface area contributed by atoms with Gasteiger partial charge in [-0.1, -0.05) is 17.7 Å². The summed E-state index contributed by atoms with van der Waals surface area (Å²) in [6.45, 7) is 0.273. The summed E-state index contributed by atoms with van der Waals surface area (Å²) in [5.74, 6) is 2.57. The van der Waals surface area contributed by atoms with Crippen molar-refractivity contribution in [2.24, 2.45) is 0 Å². The van der Waals surface area contributed by atoms with Crippen LogP contribution in [0.1, 0.15) is 0 Å². The number of aromatic nitrogens is 2. The number of carbonyl (C=O) groups excluding carboxylic acids is 1. The van der Waals surface area contributed by atoms with Gasteiger partial charge >= 0.3 is 0 Å². The van der Waals surface area contributed by atoms with Crippen LogP contribution in [0.15, 0.2) is 10.7 Å². The van der Waals surface area contributed by atoms with Crippen molar-refractivity contribution < 1.29 is 4.79 Å². The van der Waals surface area contributed by atoms with E-state index in [9.17, 15) is 4.79 Å². The Hall–Kier alpha value is -1.06. The zero-order valence-corrected chi connectivity index (χ0v) is 8.32. The van der Waals surface area contributed by atoms with Crippen LogP contribution < -0.4 is 5.32 Å². The van der Waals surface area contributed by atoms with Crippen LogP contribution in [0.4, 0.5) is 0 Å². The van der Waals surface area contributed by atoms with Crippen molar-refractivity contribution in [2.45, 2.75) is 4.34 Å². The lowest BCUT2D eigenvalue weighted by atomic mass is 10.6. The molecule has 68 valence electrons. The van der Waals surface area contributed by atoms with Gasteiger partial charge in [0, 0.05) is 0 Å². The van der Waals surface area contributed by atoms with Gasteiger partial charge in [0.25, 0.3) is 0 Å². The van der Waals surface area contributed by atoms with Gasteiger partial charge in [0.2, 0.25) is 5.91 Å². The largest absolute Gasteiger partial charge is 0.344 e. The summed E-state index contributed by atoms with van der Waals surface area (Å²) >= 11 is 2.62. The molecule has 4 nitrogen and oxygen atoms in total. The molecular formula is C7H7N3OS2. The third kappa shape index (κ3) is 3.92. The van der Waals surface area contributed by atoms with Crippen LogP contribution in [-0.4, -0.2) is 27.6 Å². The fraction of sp³-hybridized carbons (Fsp3) is 0.286. The molecule has 1 aromatic heterocycles. The van der Waals surface area contributed by atoms with Crippen LogP contribution in [0.25, 0.3) is 0 Å². The Bertz CT molecular complexity index is 304. The van der Waals surface area contributed by atoms with Gasteiger partial charge in [-0.05, 0) is 11.5 Å². The molecule has 0 radical (unpaired) electrons. The average Bonchev–Trinajstić information content (AvgIpc) is 2.64. The van der Waals surface area contributed by atoms with E-state index in [1.165, 1.54) is 29.6 Å².